The fourth-order valence-corrected chi connectivity index (χ4v) is 5.03. The Morgan fingerprint density at radius 3 is 2.12 bits per heavy atom. The van der Waals surface area contributed by atoms with Gasteiger partial charge in [0, 0.05) is 29.0 Å². The summed E-state index contributed by atoms with van der Waals surface area (Å²) < 4.78 is 85.5. The van der Waals surface area contributed by atoms with E-state index in [1.54, 1.807) is 0 Å². The predicted octanol–water partition coefficient (Wildman–Crippen LogP) is 4.76. The van der Waals surface area contributed by atoms with Gasteiger partial charge in [0.2, 0.25) is 17.7 Å². The number of anilines is 1. The van der Waals surface area contributed by atoms with E-state index in [0.717, 1.165) is 0 Å². The van der Waals surface area contributed by atoms with Crippen LogP contribution in [0.2, 0.25) is 5.02 Å². The van der Waals surface area contributed by atoms with Crippen LogP contribution in [0.4, 0.5) is 32.0 Å². The highest BCUT2D eigenvalue weighted by molar-refractivity contribution is 6.31. The fraction of sp³-hybridized carbons (Fsp3) is 0.385. The van der Waals surface area contributed by atoms with Crippen LogP contribution in [-0.2, 0) is 14.4 Å². The third-order valence-corrected chi connectivity index (χ3v) is 7.08. The number of ether oxygens (including phenoxy) is 1. The minimum absolute atomic E-state index is 0.0105. The van der Waals surface area contributed by atoms with E-state index in [-0.39, 0.29) is 28.3 Å². The van der Waals surface area contributed by atoms with E-state index in [2.05, 4.69) is 10.3 Å². The number of hydrogen-bond acceptors (Lipinski definition) is 5. The normalized spacial score (nSPS) is 17.8. The van der Waals surface area contributed by atoms with Gasteiger partial charge in [-0.2, -0.15) is 26.3 Å². The number of rotatable bonds is 10. The molecular formula is C26H25ClF6N4O4. The molecule has 0 aliphatic carbocycles. The van der Waals surface area contributed by atoms with Gasteiger partial charge in [-0.1, -0.05) is 35.9 Å². The molecule has 2 unspecified atom stereocenters. The van der Waals surface area contributed by atoms with Crippen molar-refractivity contribution in [2.75, 3.05) is 12.4 Å². The van der Waals surface area contributed by atoms with Crippen molar-refractivity contribution in [2.45, 2.75) is 44.1 Å². The van der Waals surface area contributed by atoms with Gasteiger partial charge < -0.3 is 21.5 Å². The Morgan fingerprint density at radius 1 is 1.00 bits per heavy atom. The van der Waals surface area contributed by atoms with Crippen LogP contribution < -0.4 is 21.5 Å². The lowest BCUT2D eigenvalue weighted by Crippen LogP contribution is -2.58. The third kappa shape index (κ3) is 7.10. The second kappa shape index (κ2) is 12.0. The van der Waals surface area contributed by atoms with E-state index in [4.69, 9.17) is 27.8 Å². The summed E-state index contributed by atoms with van der Waals surface area (Å²) in [5.41, 5.74) is 8.51. The molecule has 0 bridgehead atoms. The molecular weight excluding hydrogens is 582 g/mol. The van der Waals surface area contributed by atoms with Gasteiger partial charge in [-0.05, 0) is 31.0 Å². The molecule has 2 aromatic rings. The van der Waals surface area contributed by atoms with Crippen LogP contribution in [0.3, 0.4) is 0 Å². The molecule has 8 nitrogen and oxygen atoms in total. The summed E-state index contributed by atoms with van der Waals surface area (Å²) in [6.07, 6.45) is -15.9. The van der Waals surface area contributed by atoms with Gasteiger partial charge in [0.15, 0.2) is 0 Å². The molecule has 0 radical (unpaired) electrons. The number of methoxy groups -OCH3 is 1. The number of alkyl halides is 6. The molecule has 222 valence electrons. The summed E-state index contributed by atoms with van der Waals surface area (Å²) in [7, 11) is 1.28. The zero-order valence-corrected chi connectivity index (χ0v) is 22.2. The molecule has 1 aliphatic rings. The number of carbonyl (C=O) groups excluding carboxylic acids is 3. The number of carbonyl (C=O) groups is 3. The van der Waals surface area contributed by atoms with Crippen LogP contribution in [0.5, 0.6) is 5.75 Å². The molecule has 3 amide bonds. The van der Waals surface area contributed by atoms with Gasteiger partial charge >= 0.3 is 12.4 Å². The standard InChI is InChI=1S/C26H25ClF6N4O4/c1-41-17-4-2-3-15-18(13-5-7-14(27)8-6-13)36-20(22(39)37-19(15)17)24(23(35)40,11-12-26(31,32)33)16(21(34)38)9-10-25(28,29)30/h2-8,16,20H,9-12H2,1H3,(H2,34,38)(H2,35,40)(H,37,39)/t16?,20-,24?/m1/s1. The zero-order valence-electron chi connectivity index (χ0n) is 21.4. The number of halogens is 7. The largest absolute Gasteiger partial charge is 0.495 e. The second-order valence-corrected chi connectivity index (χ2v) is 9.82. The Morgan fingerprint density at radius 2 is 1.61 bits per heavy atom. The molecule has 1 heterocycles. The Hall–Kier alpha value is -3.81. The van der Waals surface area contributed by atoms with E-state index in [1.807, 2.05) is 0 Å². The number of benzodiazepines with no additional fused rings is 1. The number of hydrogen-bond donors (Lipinski definition) is 3. The van der Waals surface area contributed by atoms with E-state index in [0.29, 0.717) is 5.02 Å². The van der Waals surface area contributed by atoms with Crippen molar-refractivity contribution < 1.29 is 45.5 Å². The Balaban J connectivity index is 2.37. The van der Waals surface area contributed by atoms with Crippen molar-refractivity contribution in [1.29, 1.82) is 0 Å². The number of nitrogens with one attached hydrogen (secondary N) is 1. The SMILES string of the molecule is COc1cccc2c1NC(=O)[C@H](C(CCC(F)(F)F)(C(N)=O)C(CCC(F)(F)F)C(N)=O)N=C2c1ccc(Cl)cc1. The summed E-state index contributed by atoms with van der Waals surface area (Å²) in [5, 5.41) is 2.76. The quantitative estimate of drug-likeness (QED) is 0.336. The van der Waals surface area contributed by atoms with Crippen LogP contribution in [0.1, 0.15) is 36.8 Å². The maximum absolute atomic E-state index is 13.7. The highest BCUT2D eigenvalue weighted by atomic mass is 35.5. The Kier molecular flexibility index (Phi) is 9.26. The van der Waals surface area contributed by atoms with E-state index >= 15 is 0 Å². The van der Waals surface area contributed by atoms with E-state index in [9.17, 15) is 40.7 Å². The molecule has 0 aromatic heterocycles. The minimum atomic E-state index is -4.96. The van der Waals surface area contributed by atoms with Crippen molar-refractivity contribution in [3.63, 3.8) is 0 Å². The molecule has 15 heteroatoms. The molecule has 3 atom stereocenters. The van der Waals surface area contributed by atoms with Crippen molar-refractivity contribution in [3.8, 4) is 5.75 Å². The van der Waals surface area contributed by atoms with Gasteiger partial charge in [0.05, 0.1) is 29.8 Å². The van der Waals surface area contributed by atoms with Crippen LogP contribution >= 0.6 is 11.6 Å². The molecule has 0 saturated heterocycles. The highest BCUT2D eigenvalue weighted by Gasteiger charge is 2.58. The van der Waals surface area contributed by atoms with Gasteiger partial charge in [-0.3, -0.25) is 19.4 Å². The predicted molar refractivity (Wildman–Crippen MR) is 137 cm³/mol. The number of fused-ring (bicyclic) bond motifs is 1. The number of nitrogens with two attached hydrogens (primary N) is 2. The average molecular weight is 607 g/mol. The Bertz CT molecular complexity index is 1350. The summed E-state index contributed by atoms with van der Waals surface area (Å²) in [6, 6.07) is 8.10. The minimum Gasteiger partial charge on any atom is -0.495 e. The second-order valence-electron chi connectivity index (χ2n) is 9.39. The number of nitrogens with zero attached hydrogens (tertiary/aromatic N) is 1. The maximum Gasteiger partial charge on any atom is 0.389 e. The number of para-hydroxylation sites is 1. The molecule has 5 N–H and O–H groups in total. The average Bonchev–Trinajstić information content (AvgIpc) is 3.01. The summed E-state index contributed by atoms with van der Waals surface area (Å²) in [6.45, 7) is 0. The molecule has 41 heavy (non-hydrogen) atoms. The van der Waals surface area contributed by atoms with Crippen LogP contribution in [0.15, 0.2) is 47.5 Å². The van der Waals surface area contributed by atoms with Gasteiger partial charge in [0.25, 0.3) is 0 Å². The first-order valence-electron chi connectivity index (χ1n) is 12.0. The maximum atomic E-state index is 13.7. The van der Waals surface area contributed by atoms with Crippen molar-refractivity contribution in [2.24, 2.45) is 27.8 Å². The van der Waals surface area contributed by atoms with E-state index in [1.165, 1.54) is 49.6 Å². The first-order chi connectivity index (χ1) is 19.0. The first kappa shape index (κ1) is 31.7. The van der Waals surface area contributed by atoms with E-state index < -0.39 is 73.1 Å². The Labute approximate surface area is 235 Å². The summed E-state index contributed by atoms with van der Waals surface area (Å²) in [5.74, 6) is -6.56. The van der Waals surface area contributed by atoms with Gasteiger partial charge in [-0.25, -0.2) is 0 Å². The lowest BCUT2D eigenvalue weighted by molar-refractivity contribution is -0.163. The molecule has 0 saturated carbocycles. The zero-order chi connectivity index (χ0) is 30.8. The monoisotopic (exact) mass is 606 g/mol. The molecule has 3 rings (SSSR count). The molecule has 1 aliphatic heterocycles. The first-order valence-corrected chi connectivity index (χ1v) is 12.4. The van der Waals surface area contributed by atoms with Crippen molar-refractivity contribution in [3.05, 3.63) is 58.6 Å². The van der Waals surface area contributed by atoms with Crippen molar-refractivity contribution >= 4 is 40.7 Å². The summed E-state index contributed by atoms with van der Waals surface area (Å²) >= 11 is 5.99. The molecule has 2 aromatic carbocycles. The van der Waals surface area contributed by atoms with Crippen LogP contribution in [-0.4, -0.2) is 48.9 Å². The van der Waals surface area contributed by atoms with Gasteiger partial charge in [-0.15, -0.1) is 0 Å². The van der Waals surface area contributed by atoms with Crippen LogP contribution in [0, 0.1) is 11.3 Å². The number of primary amides is 2. The smallest absolute Gasteiger partial charge is 0.389 e. The number of benzene rings is 2. The lowest BCUT2D eigenvalue weighted by atomic mass is 9.64. The number of aliphatic imine (C=N–C) groups is 1. The lowest BCUT2D eigenvalue weighted by Gasteiger charge is -2.40. The fourth-order valence-electron chi connectivity index (χ4n) is 4.90. The van der Waals surface area contributed by atoms with Gasteiger partial charge in [0.1, 0.15) is 11.8 Å². The third-order valence-electron chi connectivity index (χ3n) is 6.82. The molecule has 0 spiro atoms. The topological polar surface area (TPSA) is 137 Å². The number of amides is 3. The molecule has 0 fully saturated rings. The van der Waals surface area contributed by atoms with Crippen LogP contribution in [0.25, 0.3) is 0 Å². The summed E-state index contributed by atoms with van der Waals surface area (Å²) in [4.78, 5) is 43.8. The highest BCUT2D eigenvalue weighted by Crippen LogP contribution is 2.46. The van der Waals surface area contributed by atoms with Crippen molar-refractivity contribution in [1.82, 2.24) is 0 Å².